The zero-order valence-electron chi connectivity index (χ0n) is 15.9. The van der Waals surface area contributed by atoms with E-state index in [1.54, 1.807) is 12.3 Å². The first-order valence-electron chi connectivity index (χ1n) is 9.43. The second kappa shape index (κ2) is 6.88. The molecule has 0 atom stereocenters. The van der Waals surface area contributed by atoms with Gasteiger partial charge in [0.2, 0.25) is 0 Å². The molecule has 2 aromatic rings. The highest BCUT2D eigenvalue weighted by Crippen LogP contribution is 2.39. The number of amides is 1. The molecule has 1 aromatic carbocycles. The lowest BCUT2D eigenvalue weighted by Crippen LogP contribution is -2.31. The van der Waals surface area contributed by atoms with Crippen molar-refractivity contribution in [1.82, 2.24) is 14.8 Å². The van der Waals surface area contributed by atoms with Crippen molar-refractivity contribution in [2.45, 2.75) is 52.1 Å². The summed E-state index contributed by atoms with van der Waals surface area (Å²) >= 11 is 0. The van der Waals surface area contributed by atoms with Gasteiger partial charge in [-0.2, -0.15) is 13.2 Å². The second-order valence-corrected chi connectivity index (χ2v) is 7.76. The standard InChI is InChI=1S/C21H22F3N3O/c1-13(2)27-11-17-16(20(27)28)8-14(9-18(17)21(22,23)24)10-26-7-5-15-4-3-6-25-19(15)12-26/h3-4,6,8-9,13H,5,7,10-12H2,1-2H3. The molecule has 0 bridgehead atoms. The van der Waals surface area contributed by atoms with E-state index in [9.17, 15) is 18.0 Å². The number of alkyl halides is 3. The van der Waals surface area contributed by atoms with Gasteiger partial charge in [-0.25, -0.2) is 0 Å². The van der Waals surface area contributed by atoms with Crippen molar-refractivity contribution in [1.29, 1.82) is 0 Å². The zero-order chi connectivity index (χ0) is 20.1. The fraction of sp³-hybridized carbons (Fsp3) is 0.429. The molecule has 2 aliphatic heterocycles. The van der Waals surface area contributed by atoms with Crippen LogP contribution >= 0.6 is 0 Å². The van der Waals surface area contributed by atoms with Crippen LogP contribution in [0.15, 0.2) is 30.5 Å². The molecule has 0 aliphatic carbocycles. The van der Waals surface area contributed by atoms with Crippen LogP contribution in [0, 0.1) is 0 Å². The van der Waals surface area contributed by atoms with Crippen LogP contribution < -0.4 is 0 Å². The Kier molecular flexibility index (Phi) is 4.65. The Morgan fingerprint density at radius 3 is 2.71 bits per heavy atom. The van der Waals surface area contributed by atoms with E-state index in [1.807, 2.05) is 26.0 Å². The molecule has 3 heterocycles. The van der Waals surface area contributed by atoms with E-state index in [4.69, 9.17) is 0 Å². The van der Waals surface area contributed by atoms with E-state index in [0.717, 1.165) is 18.7 Å². The molecule has 28 heavy (non-hydrogen) atoms. The average Bonchev–Trinajstić information content (AvgIpc) is 2.97. The SMILES string of the molecule is CC(C)N1Cc2c(cc(CN3CCc4cccnc4C3)cc2C(F)(F)F)C1=O. The molecule has 148 valence electrons. The maximum atomic E-state index is 13.7. The first-order chi connectivity index (χ1) is 13.2. The molecule has 0 saturated carbocycles. The number of carbonyl (C=O) groups excluding carboxylic acids is 1. The maximum absolute atomic E-state index is 13.7. The Labute approximate surface area is 162 Å². The van der Waals surface area contributed by atoms with Gasteiger partial charge in [-0.3, -0.25) is 14.7 Å². The fourth-order valence-corrected chi connectivity index (χ4v) is 4.05. The highest BCUT2D eigenvalue weighted by Gasteiger charge is 2.40. The van der Waals surface area contributed by atoms with Crippen molar-refractivity contribution in [3.05, 3.63) is 64.0 Å². The quantitative estimate of drug-likeness (QED) is 0.796. The minimum Gasteiger partial charge on any atom is -0.332 e. The first kappa shape index (κ1) is 18.9. The number of benzene rings is 1. The molecular weight excluding hydrogens is 367 g/mol. The lowest BCUT2D eigenvalue weighted by atomic mass is 9.98. The summed E-state index contributed by atoms with van der Waals surface area (Å²) in [6.45, 7) is 5.36. The molecule has 7 heteroatoms. The molecule has 2 aliphatic rings. The monoisotopic (exact) mass is 389 g/mol. The van der Waals surface area contributed by atoms with Gasteiger partial charge in [0.1, 0.15) is 0 Å². The summed E-state index contributed by atoms with van der Waals surface area (Å²) in [6, 6.07) is 6.65. The molecule has 0 N–H and O–H groups in total. The Bertz CT molecular complexity index is 924. The molecule has 4 nitrogen and oxygen atoms in total. The van der Waals surface area contributed by atoms with Crippen molar-refractivity contribution in [2.75, 3.05) is 6.54 Å². The van der Waals surface area contributed by atoms with Gasteiger partial charge in [0.05, 0.1) is 11.3 Å². The minimum atomic E-state index is -4.48. The average molecular weight is 389 g/mol. The van der Waals surface area contributed by atoms with E-state index in [-0.39, 0.29) is 29.6 Å². The van der Waals surface area contributed by atoms with Crippen LogP contribution in [0.5, 0.6) is 0 Å². The summed E-state index contributed by atoms with van der Waals surface area (Å²) < 4.78 is 41.1. The van der Waals surface area contributed by atoms with Crippen LogP contribution in [0.2, 0.25) is 0 Å². The highest BCUT2D eigenvalue weighted by atomic mass is 19.4. The fourth-order valence-electron chi connectivity index (χ4n) is 4.05. The van der Waals surface area contributed by atoms with Crippen LogP contribution in [0.4, 0.5) is 13.2 Å². The number of nitrogens with zero attached hydrogens (tertiary/aromatic N) is 3. The number of pyridine rings is 1. The van der Waals surface area contributed by atoms with Gasteiger partial charge < -0.3 is 4.90 Å². The number of rotatable bonds is 3. The number of hydrogen-bond donors (Lipinski definition) is 0. The van der Waals surface area contributed by atoms with Crippen LogP contribution in [0.3, 0.4) is 0 Å². The number of halogens is 3. The van der Waals surface area contributed by atoms with E-state index in [0.29, 0.717) is 18.7 Å². The third kappa shape index (κ3) is 3.39. The van der Waals surface area contributed by atoms with Gasteiger partial charge in [-0.15, -0.1) is 0 Å². The number of fused-ring (bicyclic) bond motifs is 2. The first-order valence-corrected chi connectivity index (χ1v) is 9.43. The third-order valence-electron chi connectivity index (χ3n) is 5.52. The van der Waals surface area contributed by atoms with Gasteiger partial charge in [-0.05, 0) is 55.2 Å². The van der Waals surface area contributed by atoms with Gasteiger partial charge in [0.25, 0.3) is 5.91 Å². The van der Waals surface area contributed by atoms with Crippen molar-refractivity contribution in [3.8, 4) is 0 Å². The molecular formula is C21H22F3N3O. The number of carbonyl (C=O) groups is 1. The predicted octanol–water partition coefficient (Wildman–Crippen LogP) is 4.02. The van der Waals surface area contributed by atoms with Crippen molar-refractivity contribution in [2.24, 2.45) is 0 Å². The lowest BCUT2D eigenvalue weighted by Gasteiger charge is -2.28. The summed E-state index contributed by atoms with van der Waals surface area (Å²) in [6.07, 6.45) is -1.93. The normalized spacial score (nSPS) is 17.2. The largest absolute Gasteiger partial charge is 0.416 e. The molecule has 0 unspecified atom stereocenters. The van der Waals surface area contributed by atoms with Crippen LogP contribution in [0.1, 0.15) is 52.2 Å². The minimum absolute atomic E-state index is 0.0158. The smallest absolute Gasteiger partial charge is 0.332 e. The van der Waals surface area contributed by atoms with Crippen LogP contribution in [0.25, 0.3) is 0 Å². The highest BCUT2D eigenvalue weighted by molar-refractivity contribution is 5.99. The molecule has 0 saturated heterocycles. The van der Waals surface area contributed by atoms with Crippen molar-refractivity contribution < 1.29 is 18.0 Å². The molecule has 0 radical (unpaired) electrons. The topological polar surface area (TPSA) is 36.4 Å². The zero-order valence-corrected chi connectivity index (χ0v) is 15.9. The maximum Gasteiger partial charge on any atom is 0.416 e. The van der Waals surface area contributed by atoms with Gasteiger partial charge in [-0.1, -0.05) is 6.07 Å². The Balaban J connectivity index is 1.65. The van der Waals surface area contributed by atoms with Gasteiger partial charge >= 0.3 is 6.18 Å². The van der Waals surface area contributed by atoms with E-state index >= 15 is 0 Å². The summed E-state index contributed by atoms with van der Waals surface area (Å²) in [4.78, 5) is 20.6. The van der Waals surface area contributed by atoms with E-state index in [2.05, 4.69) is 9.88 Å². The Morgan fingerprint density at radius 1 is 1.21 bits per heavy atom. The van der Waals surface area contributed by atoms with Crippen LogP contribution in [-0.4, -0.2) is 33.3 Å². The lowest BCUT2D eigenvalue weighted by molar-refractivity contribution is -0.138. The van der Waals surface area contributed by atoms with Crippen molar-refractivity contribution in [3.63, 3.8) is 0 Å². The molecule has 0 fully saturated rings. The van der Waals surface area contributed by atoms with E-state index < -0.39 is 11.7 Å². The summed E-state index contributed by atoms with van der Waals surface area (Å²) in [5.41, 5.74) is 2.27. The van der Waals surface area contributed by atoms with Crippen LogP contribution in [-0.2, 0) is 32.2 Å². The molecule has 0 spiro atoms. The third-order valence-corrected chi connectivity index (χ3v) is 5.52. The second-order valence-electron chi connectivity index (χ2n) is 7.76. The van der Waals surface area contributed by atoms with Crippen molar-refractivity contribution >= 4 is 5.91 Å². The van der Waals surface area contributed by atoms with Gasteiger partial charge in [0, 0.05) is 44.0 Å². The number of aromatic nitrogens is 1. The Hall–Kier alpha value is -2.41. The predicted molar refractivity (Wildman–Crippen MR) is 98.5 cm³/mol. The Morgan fingerprint density at radius 2 is 2.00 bits per heavy atom. The van der Waals surface area contributed by atoms with Gasteiger partial charge in [0.15, 0.2) is 0 Å². The molecule has 4 rings (SSSR count). The summed E-state index contributed by atoms with van der Waals surface area (Å²) in [5.74, 6) is -0.317. The summed E-state index contributed by atoms with van der Waals surface area (Å²) in [7, 11) is 0. The van der Waals surface area contributed by atoms with E-state index in [1.165, 1.54) is 16.5 Å². The molecule has 1 aromatic heterocycles. The molecule has 1 amide bonds. The summed E-state index contributed by atoms with van der Waals surface area (Å²) in [5, 5.41) is 0. The number of hydrogen-bond acceptors (Lipinski definition) is 3.